The largest absolute Gasteiger partial charge is 0.496 e. The molecule has 0 amide bonds. The number of hydrogen-bond acceptors (Lipinski definition) is 7. The molecule has 0 aliphatic carbocycles. The second-order valence-corrected chi connectivity index (χ2v) is 9.62. The van der Waals surface area contributed by atoms with Crippen molar-refractivity contribution >= 4 is 43.8 Å². The van der Waals surface area contributed by atoms with Gasteiger partial charge in [-0.15, -0.1) is 0 Å². The van der Waals surface area contributed by atoms with Crippen LogP contribution in [0.25, 0.3) is 0 Å². The molecule has 9 heteroatoms. The van der Waals surface area contributed by atoms with Gasteiger partial charge in [0, 0.05) is 5.56 Å². The summed E-state index contributed by atoms with van der Waals surface area (Å²) in [5.74, 6) is -2.16. The zero-order valence-corrected chi connectivity index (χ0v) is 22.2. The van der Waals surface area contributed by atoms with E-state index in [4.69, 9.17) is 23.7 Å². The third kappa shape index (κ3) is 6.24. The average molecular weight is 580 g/mol. The van der Waals surface area contributed by atoms with E-state index in [9.17, 15) is 9.59 Å². The molecular formula is C23H32Br2O7. The van der Waals surface area contributed by atoms with Crippen molar-refractivity contribution in [3.05, 3.63) is 28.2 Å². The smallest absolute Gasteiger partial charge is 0.338 e. The van der Waals surface area contributed by atoms with Gasteiger partial charge in [0.25, 0.3) is 0 Å². The van der Waals surface area contributed by atoms with E-state index in [-0.39, 0.29) is 4.83 Å². The summed E-state index contributed by atoms with van der Waals surface area (Å²) >= 11 is 7.23. The Balaban J connectivity index is 2.35. The molecule has 32 heavy (non-hydrogen) atoms. The average Bonchev–Trinajstić information content (AvgIpc) is 3.22. The van der Waals surface area contributed by atoms with Gasteiger partial charge < -0.3 is 23.7 Å². The number of methoxy groups -OCH3 is 3. The van der Waals surface area contributed by atoms with Crippen molar-refractivity contribution < 1.29 is 33.3 Å². The highest BCUT2D eigenvalue weighted by molar-refractivity contribution is 9.10. The lowest BCUT2D eigenvalue weighted by Gasteiger charge is -2.33. The van der Waals surface area contributed by atoms with E-state index in [0.29, 0.717) is 15.8 Å². The van der Waals surface area contributed by atoms with Crippen LogP contribution in [0.2, 0.25) is 0 Å². The molecular weight excluding hydrogens is 548 g/mol. The van der Waals surface area contributed by atoms with Crippen molar-refractivity contribution in [2.24, 2.45) is 0 Å². The molecule has 0 spiro atoms. The van der Waals surface area contributed by atoms with Crippen LogP contribution in [0.1, 0.15) is 57.4 Å². The highest BCUT2D eigenvalue weighted by Crippen LogP contribution is 2.47. The maximum Gasteiger partial charge on any atom is 0.338 e. The van der Waals surface area contributed by atoms with E-state index in [1.807, 2.05) is 6.07 Å². The maximum atomic E-state index is 12.4. The van der Waals surface area contributed by atoms with Crippen LogP contribution < -0.4 is 4.74 Å². The zero-order chi connectivity index (χ0) is 23.7. The van der Waals surface area contributed by atoms with Gasteiger partial charge in [-0.2, -0.15) is 0 Å². The first-order valence-corrected chi connectivity index (χ1v) is 12.5. The van der Waals surface area contributed by atoms with Crippen molar-refractivity contribution in [3.63, 3.8) is 0 Å². The number of alkyl halides is 1. The van der Waals surface area contributed by atoms with Gasteiger partial charge >= 0.3 is 11.9 Å². The molecule has 3 atom stereocenters. The minimum atomic E-state index is -1.39. The van der Waals surface area contributed by atoms with Crippen molar-refractivity contribution in [1.29, 1.82) is 0 Å². The quantitative estimate of drug-likeness (QED) is 0.190. The molecule has 0 bridgehead atoms. The van der Waals surface area contributed by atoms with Gasteiger partial charge in [0.05, 0.1) is 30.6 Å². The Kier molecular flexibility index (Phi) is 10.9. The molecule has 1 aromatic rings. The Morgan fingerprint density at radius 2 is 1.56 bits per heavy atom. The summed E-state index contributed by atoms with van der Waals surface area (Å²) in [5, 5.41) is 0. The zero-order valence-electron chi connectivity index (χ0n) is 19.0. The Morgan fingerprint density at radius 3 is 2.06 bits per heavy atom. The second-order valence-electron chi connectivity index (χ2n) is 7.66. The number of carbonyl (C=O) groups is 2. The van der Waals surface area contributed by atoms with Crippen LogP contribution in [0.5, 0.6) is 5.75 Å². The van der Waals surface area contributed by atoms with Crippen LogP contribution in [-0.4, -0.2) is 50.3 Å². The van der Waals surface area contributed by atoms with Crippen LogP contribution in [0, 0.1) is 0 Å². The van der Waals surface area contributed by atoms with Crippen LogP contribution in [0.15, 0.2) is 22.7 Å². The number of halogens is 2. The standard InChI is InChI=1S/C23H32Br2O7/c1-5-6-7-8-9-10-11-18(25)23(15-12-13-17(28-2)16(24)14-15)31-19(21(26)29-3)20(32-23)22(27)30-4/h12-14,18-20H,5-11H2,1-4H3/t18-,19+,20+/m0/s1. The predicted molar refractivity (Wildman–Crippen MR) is 127 cm³/mol. The third-order valence-corrected chi connectivity index (χ3v) is 7.20. The summed E-state index contributed by atoms with van der Waals surface area (Å²) in [6.45, 7) is 2.19. The second kappa shape index (κ2) is 12.9. The lowest BCUT2D eigenvalue weighted by molar-refractivity contribution is -0.195. The summed E-state index contributed by atoms with van der Waals surface area (Å²) < 4.78 is 28.2. The van der Waals surface area contributed by atoms with Crippen molar-refractivity contribution in [3.8, 4) is 5.75 Å². The Hall–Kier alpha value is -1.16. The molecule has 2 rings (SSSR count). The molecule has 1 saturated heterocycles. The van der Waals surface area contributed by atoms with E-state index in [1.165, 1.54) is 33.5 Å². The molecule has 1 fully saturated rings. The van der Waals surface area contributed by atoms with Gasteiger partial charge in [0.15, 0.2) is 12.2 Å². The number of benzene rings is 1. The first-order valence-electron chi connectivity index (χ1n) is 10.8. The highest BCUT2D eigenvalue weighted by Gasteiger charge is 2.58. The van der Waals surface area contributed by atoms with E-state index in [2.05, 4.69) is 38.8 Å². The van der Waals surface area contributed by atoms with Gasteiger partial charge in [-0.1, -0.05) is 61.4 Å². The number of rotatable bonds is 12. The van der Waals surface area contributed by atoms with Crippen molar-refractivity contribution in [2.45, 2.75) is 74.7 Å². The molecule has 1 aliphatic heterocycles. The Bertz CT molecular complexity index is 747. The summed E-state index contributed by atoms with van der Waals surface area (Å²) in [5.41, 5.74) is 0.637. The molecule has 180 valence electrons. The summed E-state index contributed by atoms with van der Waals surface area (Å²) in [7, 11) is 4.06. The number of unbranched alkanes of at least 4 members (excludes halogenated alkanes) is 5. The molecule has 0 N–H and O–H groups in total. The molecule has 0 aromatic heterocycles. The Labute approximate surface area is 206 Å². The number of carbonyl (C=O) groups excluding carboxylic acids is 2. The van der Waals surface area contributed by atoms with Crippen molar-refractivity contribution in [2.75, 3.05) is 21.3 Å². The van der Waals surface area contributed by atoms with Gasteiger partial charge in [0.2, 0.25) is 5.79 Å². The summed E-state index contributed by atoms with van der Waals surface area (Å²) in [6.07, 6.45) is 5.03. The van der Waals surface area contributed by atoms with Gasteiger partial charge in [0.1, 0.15) is 5.75 Å². The van der Waals surface area contributed by atoms with Crippen LogP contribution in [-0.2, 0) is 34.3 Å². The minimum absolute atomic E-state index is 0.330. The first-order chi connectivity index (χ1) is 15.3. The van der Waals surface area contributed by atoms with Gasteiger partial charge in [-0.05, 0) is 40.5 Å². The third-order valence-electron chi connectivity index (χ3n) is 5.52. The maximum absolute atomic E-state index is 12.4. The molecule has 1 aliphatic rings. The lowest BCUT2D eigenvalue weighted by Crippen LogP contribution is -2.39. The molecule has 1 aromatic carbocycles. The van der Waals surface area contributed by atoms with E-state index in [0.717, 1.165) is 25.7 Å². The highest BCUT2D eigenvalue weighted by atomic mass is 79.9. The molecule has 0 unspecified atom stereocenters. The molecule has 0 radical (unpaired) electrons. The lowest BCUT2D eigenvalue weighted by atomic mass is 9.97. The summed E-state index contributed by atoms with van der Waals surface area (Å²) in [4.78, 5) is 24.5. The van der Waals surface area contributed by atoms with Crippen LogP contribution in [0.3, 0.4) is 0 Å². The fourth-order valence-corrected chi connectivity index (χ4v) is 5.09. The summed E-state index contributed by atoms with van der Waals surface area (Å²) in [6, 6.07) is 5.38. The molecule has 0 saturated carbocycles. The van der Waals surface area contributed by atoms with Gasteiger partial charge in [-0.25, -0.2) is 9.59 Å². The number of hydrogen-bond donors (Lipinski definition) is 0. The van der Waals surface area contributed by atoms with E-state index in [1.54, 1.807) is 19.2 Å². The Morgan fingerprint density at radius 1 is 1.00 bits per heavy atom. The number of ether oxygens (including phenoxy) is 5. The van der Waals surface area contributed by atoms with E-state index >= 15 is 0 Å². The fraction of sp³-hybridized carbons (Fsp3) is 0.652. The topological polar surface area (TPSA) is 80.3 Å². The normalized spacial score (nSPS) is 20.6. The van der Waals surface area contributed by atoms with Crippen LogP contribution in [0.4, 0.5) is 0 Å². The number of esters is 2. The molecule has 1 heterocycles. The van der Waals surface area contributed by atoms with Gasteiger partial charge in [-0.3, -0.25) is 0 Å². The van der Waals surface area contributed by atoms with E-state index < -0.39 is 29.9 Å². The first kappa shape index (κ1) is 27.1. The monoisotopic (exact) mass is 578 g/mol. The molecule has 7 nitrogen and oxygen atoms in total. The minimum Gasteiger partial charge on any atom is -0.496 e. The van der Waals surface area contributed by atoms with Crippen LogP contribution >= 0.6 is 31.9 Å². The SMILES string of the molecule is CCCCCCCC[C@H](Br)C1(c2ccc(OC)c(Br)c2)O[C@@H](C(=O)OC)[C@H](C(=O)OC)O1. The predicted octanol–water partition coefficient (Wildman–Crippen LogP) is 5.25. The van der Waals surface area contributed by atoms with Crippen molar-refractivity contribution in [1.82, 2.24) is 0 Å². The fourth-order valence-electron chi connectivity index (χ4n) is 3.75.